The molecule has 20 heavy (non-hydrogen) atoms. The van der Waals surface area contributed by atoms with E-state index >= 15 is 0 Å². The Kier molecular flexibility index (Phi) is 3.47. The molecule has 1 unspecified atom stereocenters. The van der Waals surface area contributed by atoms with E-state index in [1.54, 1.807) is 6.07 Å². The molecule has 0 aromatic heterocycles. The Labute approximate surface area is 118 Å². The van der Waals surface area contributed by atoms with Crippen LogP contribution >= 0.6 is 0 Å². The van der Waals surface area contributed by atoms with Crippen molar-refractivity contribution in [3.05, 3.63) is 53.1 Å². The quantitative estimate of drug-likeness (QED) is 0.688. The number of rotatable bonds is 0. The second-order valence-electron chi connectivity index (χ2n) is 5.18. The molecule has 4 rings (SSSR count). The van der Waals surface area contributed by atoms with Gasteiger partial charge in [0.25, 0.3) is 0 Å². The van der Waals surface area contributed by atoms with Gasteiger partial charge in [-0.25, -0.2) is 0 Å². The van der Waals surface area contributed by atoms with Gasteiger partial charge in [-0.2, -0.15) is 0 Å². The standard InChI is InChI=1S/C16H15NO.CH4O/c18-12-5-4-11-8-15-16-10(6-7-17-15)2-1-3-13(16)14(11)9-12;1-2/h1-5,9,15,17-18H,6-8H2;2H,1H3. The van der Waals surface area contributed by atoms with Crippen molar-refractivity contribution < 1.29 is 10.2 Å². The van der Waals surface area contributed by atoms with Crippen molar-refractivity contribution in [2.24, 2.45) is 0 Å². The number of phenols is 1. The first-order valence-electron chi connectivity index (χ1n) is 6.95. The summed E-state index contributed by atoms with van der Waals surface area (Å²) in [5.74, 6) is 0.355. The molecular weight excluding hydrogens is 250 g/mol. The summed E-state index contributed by atoms with van der Waals surface area (Å²) in [6.45, 7) is 1.06. The average molecular weight is 269 g/mol. The molecule has 2 aliphatic rings. The Morgan fingerprint density at radius 1 is 1.05 bits per heavy atom. The molecule has 104 valence electrons. The molecule has 0 saturated carbocycles. The van der Waals surface area contributed by atoms with Crippen molar-refractivity contribution >= 4 is 0 Å². The Balaban J connectivity index is 0.000000581. The topological polar surface area (TPSA) is 52.5 Å². The minimum absolute atomic E-state index is 0.355. The predicted molar refractivity (Wildman–Crippen MR) is 79.8 cm³/mol. The summed E-state index contributed by atoms with van der Waals surface area (Å²) in [4.78, 5) is 0. The lowest BCUT2D eigenvalue weighted by Gasteiger charge is -2.34. The molecule has 2 aromatic carbocycles. The van der Waals surface area contributed by atoms with E-state index in [-0.39, 0.29) is 0 Å². The molecule has 0 fully saturated rings. The minimum atomic E-state index is 0.355. The third kappa shape index (κ3) is 1.99. The van der Waals surface area contributed by atoms with Crippen LogP contribution in [0.3, 0.4) is 0 Å². The second-order valence-corrected chi connectivity index (χ2v) is 5.18. The molecule has 0 spiro atoms. The first kappa shape index (κ1) is 13.2. The average Bonchev–Trinajstić information content (AvgIpc) is 2.51. The van der Waals surface area contributed by atoms with E-state index in [1.807, 2.05) is 6.07 Å². The maximum absolute atomic E-state index is 9.70. The highest BCUT2D eigenvalue weighted by atomic mass is 16.3. The van der Waals surface area contributed by atoms with Crippen LogP contribution in [0.2, 0.25) is 0 Å². The Morgan fingerprint density at radius 3 is 2.75 bits per heavy atom. The smallest absolute Gasteiger partial charge is 0.116 e. The zero-order valence-corrected chi connectivity index (χ0v) is 11.6. The molecule has 0 bridgehead atoms. The Morgan fingerprint density at radius 2 is 1.90 bits per heavy atom. The van der Waals surface area contributed by atoms with Gasteiger partial charge >= 0.3 is 0 Å². The third-order valence-corrected chi connectivity index (χ3v) is 4.14. The van der Waals surface area contributed by atoms with Crippen molar-refractivity contribution in [2.45, 2.75) is 18.9 Å². The molecule has 1 aliphatic heterocycles. The molecule has 0 radical (unpaired) electrons. The van der Waals surface area contributed by atoms with Gasteiger partial charge in [0.2, 0.25) is 0 Å². The van der Waals surface area contributed by atoms with E-state index in [0.29, 0.717) is 11.8 Å². The van der Waals surface area contributed by atoms with E-state index < -0.39 is 0 Å². The number of benzene rings is 2. The minimum Gasteiger partial charge on any atom is -0.508 e. The van der Waals surface area contributed by atoms with Crippen molar-refractivity contribution in [3.63, 3.8) is 0 Å². The first-order valence-corrected chi connectivity index (χ1v) is 6.95. The van der Waals surface area contributed by atoms with Gasteiger partial charge in [-0.15, -0.1) is 0 Å². The lowest BCUT2D eigenvalue weighted by molar-refractivity contribution is 0.399. The SMILES string of the molecule is CO.Oc1ccc2c(c1)-c1cccc3c1C(C2)NCC3. The highest BCUT2D eigenvalue weighted by Crippen LogP contribution is 2.42. The van der Waals surface area contributed by atoms with E-state index in [0.717, 1.165) is 26.5 Å². The van der Waals surface area contributed by atoms with Crippen molar-refractivity contribution in [1.82, 2.24) is 5.32 Å². The molecule has 3 heteroatoms. The number of nitrogens with one attached hydrogen (secondary N) is 1. The summed E-state index contributed by atoms with van der Waals surface area (Å²) < 4.78 is 0. The van der Waals surface area contributed by atoms with Crippen molar-refractivity contribution in [2.75, 3.05) is 13.7 Å². The van der Waals surface area contributed by atoms with Crippen LogP contribution in [-0.4, -0.2) is 23.9 Å². The van der Waals surface area contributed by atoms with Crippen LogP contribution in [0.4, 0.5) is 0 Å². The fourth-order valence-corrected chi connectivity index (χ4v) is 3.35. The lowest BCUT2D eigenvalue weighted by atomic mass is 9.78. The van der Waals surface area contributed by atoms with Gasteiger partial charge in [0.05, 0.1) is 0 Å². The van der Waals surface area contributed by atoms with Crippen LogP contribution in [0.25, 0.3) is 11.1 Å². The highest BCUT2D eigenvalue weighted by molar-refractivity contribution is 5.76. The number of aliphatic hydroxyl groups excluding tert-OH is 1. The summed E-state index contributed by atoms with van der Waals surface area (Å²) in [5.41, 5.74) is 6.73. The molecular formula is C17H19NO2. The molecule has 3 nitrogen and oxygen atoms in total. The fraction of sp³-hybridized carbons (Fsp3) is 0.294. The largest absolute Gasteiger partial charge is 0.508 e. The highest BCUT2D eigenvalue weighted by Gasteiger charge is 2.28. The third-order valence-electron chi connectivity index (χ3n) is 4.14. The van der Waals surface area contributed by atoms with Gasteiger partial charge in [0.15, 0.2) is 0 Å². The number of hydrogen-bond donors (Lipinski definition) is 3. The second kappa shape index (κ2) is 5.27. The zero-order valence-electron chi connectivity index (χ0n) is 11.6. The summed E-state index contributed by atoms with van der Waals surface area (Å²) in [7, 11) is 1.00. The van der Waals surface area contributed by atoms with Gasteiger partial charge < -0.3 is 15.5 Å². The van der Waals surface area contributed by atoms with Crippen LogP contribution in [0.15, 0.2) is 36.4 Å². The maximum Gasteiger partial charge on any atom is 0.116 e. The summed E-state index contributed by atoms with van der Waals surface area (Å²) in [5, 5.41) is 20.3. The van der Waals surface area contributed by atoms with Gasteiger partial charge in [-0.1, -0.05) is 24.3 Å². The molecule has 0 amide bonds. The number of hydrogen-bond acceptors (Lipinski definition) is 3. The van der Waals surface area contributed by atoms with Gasteiger partial charge in [-0.3, -0.25) is 0 Å². The molecule has 1 heterocycles. The number of aliphatic hydroxyl groups is 1. The molecule has 0 saturated heterocycles. The van der Waals surface area contributed by atoms with Crippen LogP contribution in [0, 0.1) is 0 Å². The first-order chi connectivity index (χ1) is 9.83. The summed E-state index contributed by atoms with van der Waals surface area (Å²) in [6.07, 6.45) is 2.13. The van der Waals surface area contributed by atoms with Gasteiger partial charge in [-0.05, 0) is 59.3 Å². The predicted octanol–water partition coefficient (Wildman–Crippen LogP) is 2.41. The lowest BCUT2D eigenvalue weighted by Crippen LogP contribution is -2.33. The molecule has 3 N–H and O–H groups in total. The monoisotopic (exact) mass is 269 g/mol. The Hall–Kier alpha value is -1.84. The van der Waals surface area contributed by atoms with E-state index in [9.17, 15) is 5.11 Å². The van der Waals surface area contributed by atoms with Gasteiger partial charge in [0.1, 0.15) is 5.75 Å². The van der Waals surface area contributed by atoms with Crippen LogP contribution in [-0.2, 0) is 12.8 Å². The van der Waals surface area contributed by atoms with Gasteiger partial charge in [0, 0.05) is 13.2 Å². The Bertz CT molecular complexity index is 637. The number of phenolic OH excluding ortho intramolecular Hbond substituents is 1. The van der Waals surface area contributed by atoms with E-state index in [4.69, 9.17) is 5.11 Å². The molecule has 2 aromatic rings. The normalized spacial score (nSPS) is 18.4. The van der Waals surface area contributed by atoms with E-state index in [2.05, 4.69) is 29.6 Å². The summed E-state index contributed by atoms with van der Waals surface area (Å²) >= 11 is 0. The van der Waals surface area contributed by atoms with E-state index in [1.165, 1.54) is 27.8 Å². The maximum atomic E-state index is 9.70. The molecule has 1 atom stereocenters. The van der Waals surface area contributed by atoms with Crippen LogP contribution in [0.5, 0.6) is 5.75 Å². The fourth-order valence-electron chi connectivity index (χ4n) is 3.35. The zero-order chi connectivity index (χ0) is 14.1. The summed E-state index contributed by atoms with van der Waals surface area (Å²) in [6, 6.07) is 12.7. The van der Waals surface area contributed by atoms with Crippen LogP contribution < -0.4 is 5.32 Å². The van der Waals surface area contributed by atoms with Crippen molar-refractivity contribution in [3.8, 4) is 16.9 Å². The molecule has 1 aliphatic carbocycles. The number of aromatic hydroxyl groups is 1. The van der Waals surface area contributed by atoms with Crippen LogP contribution in [0.1, 0.15) is 22.7 Å². The number of fused-ring (bicyclic) bond motifs is 2. The van der Waals surface area contributed by atoms with Crippen molar-refractivity contribution in [1.29, 1.82) is 0 Å².